The summed E-state index contributed by atoms with van der Waals surface area (Å²) in [5, 5.41) is 16.2. The third-order valence-corrected chi connectivity index (χ3v) is 3.93. The molecule has 2 aromatic rings. The molecule has 24 heavy (non-hydrogen) atoms. The zero-order valence-electron chi connectivity index (χ0n) is 13.1. The number of carbonyl (C=O) groups excluding carboxylic acids is 1. The highest BCUT2D eigenvalue weighted by atomic mass is 35.5. The number of hydrogen-bond donors (Lipinski definition) is 2. The summed E-state index contributed by atoms with van der Waals surface area (Å²) in [7, 11) is 0. The summed E-state index contributed by atoms with van der Waals surface area (Å²) in [4.78, 5) is 16.0. The Hall–Kier alpha value is -1.77. The van der Waals surface area contributed by atoms with E-state index in [4.69, 9.17) is 20.9 Å². The van der Waals surface area contributed by atoms with Crippen LogP contribution in [0.2, 0.25) is 5.02 Å². The maximum Gasteiger partial charge on any atom is 0.273 e. The van der Waals surface area contributed by atoms with E-state index in [1.807, 2.05) is 6.26 Å². The van der Waals surface area contributed by atoms with Crippen molar-refractivity contribution in [3.8, 4) is 5.75 Å². The van der Waals surface area contributed by atoms with E-state index in [9.17, 15) is 9.90 Å². The summed E-state index contributed by atoms with van der Waals surface area (Å²) in [6, 6.07) is 2.81. The van der Waals surface area contributed by atoms with Gasteiger partial charge in [-0.25, -0.2) is 0 Å². The van der Waals surface area contributed by atoms with Gasteiger partial charge in [0.15, 0.2) is 11.5 Å². The number of thioether (sulfide) groups is 1. The Labute approximate surface area is 148 Å². The van der Waals surface area contributed by atoms with Crippen LogP contribution in [0.15, 0.2) is 29.0 Å². The molecular formula is C15H18ClN3O4S. The van der Waals surface area contributed by atoms with E-state index in [2.05, 4.69) is 15.5 Å². The van der Waals surface area contributed by atoms with Gasteiger partial charge in [-0.3, -0.25) is 9.78 Å². The number of aliphatic hydroxyl groups excluding tert-OH is 1. The molecular weight excluding hydrogens is 354 g/mol. The Morgan fingerprint density at radius 3 is 3.04 bits per heavy atom. The van der Waals surface area contributed by atoms with Crippen LogP contribution in [0.3, 0.4) is 0 Å². The molecule has 2 aromatic heterocycles. The van der Waals surface area contributed by atoms with E-state index < -0.39 is 5.91 Å². The van der Waals surface area contributed by atoms with Crippen molar-refractivity contribution in [2.75, 3.05) is 18.6 Å². The molecule has 1 amide bonds. The number of amides is 1. The van der Waals surface area contributed by atoms with Crippen LogP contribution in [0.25, 0.3) is 0 Å². The van der Waals surface area contributed by atoms with Gasteiger partial charge in [0.25, 0.3) is 5.91 Å². The van der Waals surface area contributed by atoms with Crippen LogP contribution >= 0.6 is 23.4 Å². The van der Waals surface area contributed by atoms with Crippen molar-refractivity contribution in [3.05, 3.63) is 41.0 Å². The van der Waals surface area contributed by atoms with Crippen molar-refractivity contribution in [3.63, 3.8) is 0 Å². The molecule has 0 radical (unpaired) electrons. The smallest absolute Gasteiger partial charge is 0.273 e. The lowest BCUT2D eigenvalue weighted by atomic mass is 10.2. The molecule has 0 aliphatic carbocycles. The fraction of sp³-hybridized carbons (Fsp3) is 0.400. The summed E-state index contributed by atoms with van der Waals surface area (Å²) in [5.41, 5.74) is 0.139. The average molecular weight is 372 g/mol. The van der Waals surface area contributed by atoms with Crippen molar-refractivity contribution in [1.29, 1.82) is 0 Å². The van der Waals surface area contributed by atoms with Crippen molar-refractivity contribution in [2.45, 2.75) is 19.1 Å². The zero-order valence-corrected chi connectivity index (χ0v) is 14.6. The van der Waals surface area contributed by atoms with Crippen LogP contribution in [0.1, 0.15) is 22.7 Å². The number of ether oxygens (including phenoxy) is 1. The quantitative estimate of drug-likeness (QED) is 0.696. The molecule has 0 saturated heterocycles. The lowest BCUT2D eigenvalue weighted by molar-refractivity contribution is 0.0906. The first-order valence-electron chi connectivity index (χ1n) is 7.22. The fourth-order valence-corrected chi connectivity index (χ4v) is 2.53. The number of pyridine rings is 1. The summed E-state index contributed by atoms with van der Waals surface area (Å²) in [6.45, 7) is -0.0277. The first-order valence-corrected chi connectivity index (χ1v) is 8.99. The highest BCUT2D eigenvalue weighted by molar-refractivity contribution is 7.98. The molecule has 2 heterocycles. The van der Waals surface area contributed by atoms with Crippen LogP contribution in [-0.4, -0.2) is 45.8 Å². The van der Waals surface area contributed by atoms with E-state index in [0.717, 1.165) is 5.75 Å². The van der Waals surface area contributed by atoms with E-state index in [0.29, 0.717) is 23.0 Å². The lowest BCUT2D eigenvalue weighted by Gasteiger charge is -2.14. The number of aromatic nitrogens is 2. The first kappa shape index (κ1) is 18.6. The summed E-state index contributed by atoms with van der Waals surface area (Å²) in [5.74, 6) is 1.33. The Kier molecular flexibility index (Phi) is 7.36. The van der Waals surface area contributed by atoms with Crippen molar-refractivity contribution >= 4 is 29.3 Å². The summed E-state index contributed by atoms with van der Waals surface area (Å²) >= 11 is 7.47. The number of nitrogens with one attached hydrogen (secondary N) is 1. The third kappa shape index (κ3) is 5.70. The molecule has 1 atom stereocenters. The number of nitrogens with zero attached hydrogens (tertiary/aromatic N) is 2. The molecule has 0 saturated carbocycles. The standard InChI is InChI=1S/C15H18ClN3O4S/c1-24-3-2-11(8-20)18-15(21)14-5-13(23-19-14)9-22-12-4-10(16)6-17-7-12/h4-7,11,20H,2-3,8-9H2,1H3,(H,18,21)/t11-/m0/s1. The number of rotatable bonds is 9. The first-order chi connectivity index (χ1) is 11.6. The van der Waals surface area contributed by atoms with Crippen LogP contribution < -0.4 is 10.1 Å². The maximum atomic E-state index is 12.1. The van der Waals surface area contributed by atoms with Crippen LogP contribution in [0.4, 0.5) is 0 Å². The molecule has 0 bridgehead atoms. The SMILES string of the molecule is CSCC[C@@H](CO)NC(=O)c1cc(COc2cncc(Cl)c2)on1. The van der Waals surface area contributed by atoms with Gasteiger partial charge in [0.1, 0.15) is 12.4 Å². The Bertz CT molecular complexity index is 668. The normalized spacial score (nSPS) is 12.0. The predicted molar refractivity (Wildman–Crippen MR) is 91.4 cm³/mol. The molecule has 9 heteroatoms. The minimum absolute atomic E-state index is 0.0954. The van der Waals surface area contributed by atoms with Crippen LogP contribution in [0, 0.1) is 0 Å². The van der Waals surface area contributed by atoms with E-state index in [1.165, 1.54) is 18.5 Å². The van der Waals surface area contributed by atoms with Gasteiger partial charge < -0.3 is 19.7 Å². The number of aliphatic hydroxyl groups is 1. The van der Waals surface area contributed by atoms with Gasteiger partial charge in [0.2, 0.25) is 0 Å². The highest BCUT2D eigenvalue weighted by Gasteiger charge is 2.17. The van der Waals surface area contributed by atoms with Gasteiger partial charge in [-0.2, -0.15) is 11.8 Å². The second-order valence-electron chi connectivity index (χ2n) is 4.94. The molecule has 130 valence electrons. The van der Waals surface area contributed by atoms with Gasteiger partial charge in [0, 0.05) is 18.3 Å². The van der Waals surface area contributed by atoms with E-state index in [1.54, 1.807) is 17.8 Å². The monoisotopic (exact) mass is 371 g/mol. The third-order valence-electron chi connectivity index (χ3n) is 3.08. The molecule has 7 nitrogen and oxygen atoms in total. The maximum absolute atomic E-state index is 12.1. The van der Waals surface area contributed by atoms with E-state index >= 15 is 0 Å². The second kappa shape index (κ2) is 9.51. The number of hydrogen-bond acceptors (Lipinski definition) is 7. The van der Waals surface area contributed by atoms with Crippen molar-refractivity contribution < 1.29 is 19.2 Å². The number of carbonyl (C=O) groups is 1. The topological polar surface area (TPSA) is 97.5 Å². The largest absolute Gasteiger partial charge is 0.484 e. The lowest BCUT2D eigenvalue weighted by Crippen LogP contribution is -2.38. The van der Waals surface area contributed by atoms with E-state index in [-0.39, 0.29) is 24.9 Å². The zero-order chi connectivity index (χ0) is 17.4. The number of halogens is 1. The molecule has 0 spiro atoms. The fourth-order valence-electron chi connectivity index (χ4n) is 1.84. The van der Waals surface area contributed by atoms with Gasteiger partial charge in [-0.1, -0.05) is 16.8 Å². The second-order valence-corrected chi connectivity index (χ2v) is 6.36. The van der Waals surface area contributed by atoms with Gasteiger partial charge >= 0.3 is 0 Å². The van der Waals surface area contributed by atoms with Gasteiger partial charge in [0.05, 0.1) is 23.9 Å². The molecule has 2 N–H and O–H groups in total. The molecule has 0 unspecified atom stereocenters. The Morgan fingerprint density at radius 2 is 2.33 bits per heavy atom. The summed E-state index contributed by atoms with van der Waals surface area (Å²) in [6.07, 6.45) is 5.67. The predicted octanol–water partition coefficient (Wildman–Crippen LogP) is 2.15. The summed E-state index contributed by atoms with van der Waals surface area (Å²) < 4.78 is 10.5. The van der Waals surface area contributed by atoms with Crippen LogP contribution in [0.5, 0.6) is 5.75 Å². The van der Waals surface area contributed by atoms with Gasteiger partial charge in [-0.05, 0) is 18.4 Å². The Balaban J connectivity index is 1.88. The molecule has 0 aliphatic heterocycles. The molecule has 0 aromatic carbocycles. The Morgan fingerprint density at radius 1 is 1.50 bits per heavy atom. The minimum Gasteiger partial charge on any atom is -0.484 e. The minimum atomic E-state index is -0.394. The van der Waals surface area contributed by atoms with Crippen LogP contribution in [-0.2, 0) is 6.61 Å². The van der Waals surface area contributed by atoms with Crippen molar-refractivity contribution in [2.24, 2.45) is 0 Å². The highest BCUT2D eigenvalue weighted by Crippen LogP contribution is 2.17. The van der Waals surface area contributed by atoms with Gasteiger partial charge in [-0.15, -0.1) is 0 Å². The van der Waals surface area contributed by atoms with Crippen molar-refractivity contribution in [1.82, 2.24) is 15.5 Å². The molecule has 0 fully saturated rings. The molecule has 2 rings (SSSR count). The average Bonchev–Trinajstić information content (AvgIpc) is 3.06. The molecule has 0 aliphatic rings.